The summed E-state index contributed by atoms with van der Waals surface area (Å²) in [6, 6.07) is 0. The van der Waals surface area contributed by atoms with E-state index in [4.69, 9.17) is 14.0 Å². The molecule has 0 bridgehead atoms. The van der Waals surface area contributed by atoms with Crippen LogP contribution in [0.3, 0.4) is 0 Å². The van der Waals surface area contributed by atoms with E-state index in [9.17, 15) is 30.8 Å². The van der Waals surface area contributed by atoms with E-state index < -0.39 is 45.5 Å². The fraction of sp³-hybridized carbons (Fsp3) is 0.923. The van der Waals surface area contributed by atoms with Gasteiger partial charge in [0.15, 0.2) is 0 Å². The Labute approximate surface area is 138 Å². The number of esters is 1. The van der Waals surface area contributed by atoms with Gasteiger partial charge in [-0.3, -0.25) is 9.35 Å². The maximum Gasteiger partial charge on any atom is 0.431 e. The lowest BCUT2D eigenvalue weighted by atomic mass is 9.91. The summed E-state index contributed by atoms with van der Waals surface area (Å²) in [5.41, 5.74) is -0.663. The molecule has 0 spiro atoms. The molecule has 0 aliphatic carbocycles. The van der Waals surface area contributed by atoms with Gasteiger partial charge < -0.3 is 9.47 Å². The van der Waals surface area contributed by atoms with Crippen molar-refractivity contribution in [1.29, 1.82) is 0 Å². The first-order valence-electron chi connectivity index (χ1n) is 7.16. The summed E-state index contributed by atoms with van der Waals surface area (Å²) in [7, 11) is -6.22. The van der Waals surface area contributed by atoms with Gasteiger partial charge in [-0.2, -0.15) is 26.0 Å². The molecule has 1 N–H and O–H groups in total. The van der Waals surface area contributed by atoms with Crippen LogP contribution in [0, 0.1) is 5.41 Å². The van der Waals surface area contributed by atoms with Crippen LogP contribution < -0.4 is 0 Å². The Bertz CT molecular complexity index is 519. The van der Waals surface area contributed by atoms with E-state index in [1.165, 1.54) is 0 Å². The zero-order valence-corrected chi connectivity index (χ0v) is 14.5. The van der Waals surface area contributed by atoms with Crippen molar-refractivity contribution in [3.63, 3.8) is 0 Å². The van der Waals surface area contributed by atoms with E-state index >= 15 is 0 Å². The first kappa shape index (κ1) is 23.1. The maximum atomic E-state index is 13.1. The van der Waals surface area contributed by atoms with Gasteiger partial charge in [0, 0.05) is 13.0 Å². The number of hydrogen-bond acceptors (Lipinski definition) is 5. The Morgan fingerprint density at radius 2 is 1.62 bits per heavy atom. The number of halogens is 4. The highest BCUT2D eigenvalue weighted by Gasteiger charge is 2.64. The zero-order chi connectivity index (χ0) is 19.2. The fourth-order valence-electron chi connectivity index (χ4n) is 1.37. The van der Waals surface area contributed by atoms with Crippen LogP contribution in [0.4, 0.5) is 17.6 Å². The highest BCUT2D eigenvalue weighted by atomic mass is 32.2. The third kappa shape index (κ3) is 6.17. The van der Waals surface area contributed by atoms with Crippen LogP contribution in [0.15, 0.2) is 0 Å². The second-order valence-corrected chi connectivity index (χ2v) is 7.25. The molecule has 0 atom stereocenters. The molecule has 144 valence electrons. The molecule has 6 nitrogen and oxygen atoms in total. The first-order chi connectivity index (χ1) is 10.7. The molecule has 0 fully saturated rings. The Kier molecular flexibility index (Phi) is 8.10. The summed E-state index contributed by atoms with van der Waals surface area (Å²) in [6.45, 7) is 4.57. The number of carbonyl (C=O) groups is 1. The largest absolute Gasteiger partial charge is 0.463 e. The van der Waals surface area contributed by atoms with Crippen molar-refractivity contribution < 1.29 is 44.8 Å². The van der Waals surface area contributed by atoms with Crippen LogP contribution in [0.25, 0.3) is 0 Å². The Morgan fingerprint density at radius 3 is 2.08 bits per heavy atom. The second-order valence-electron chi connectivity index (χ2n) is 5.79. The lowest BCUT2D eigenvalue weighted by molar-refractivity contribution is -0.166. The van der Waals surface area contributed by atoms with Crippen molar-refractivity contribution in [3.8, 4) is 0 Å². The third-order valence-corrected chi connectivity index (χ3v) is 4.37. The lowest BCUT2D eigenvalue weighted by Gasteiger charge is -2.23. The summed E-state index contributed by atoms with van der Waals surface area (Å²) in [4.78, 5) is 11.6. The molecule has 0 aliphatic heterocycles. The van der Waals surface area contributed by atoms with E-state index in [0.717, 1.165) is 0 Å². The van der Waals surface area contributed by atoms with Gasteiger partial charge in [0.25, 0.3) is 0 Å². The molecule has 0 aromatic heterocycles. The van der Waals surface area contributed by atoms with Gasteiger partial charge in [-0.1, -0.05) is 6.92 Å². The van der Waals surface area contributed by atoms with Gasteiger partial charge in [0.05, 0.1) is 12.0 Å². The van der Waals surface area contributed by atoms with Gasteiger partial charge in [0.2, 0.25) is 0 Å². The van der Waals surface area contributed by atoms with Gasteiger partial charge in [-0.25, -0.2) is 0 Å². The van der Waals surface area contributed by atoms with Crippen LogP contribution >= 0.6 is 0 Å². The molecule has 0 rings (SSSR count). The van der Waals surface area contributed by atoms with E-state index in [1.807, 2.05) is 0 Å². The van der Waals surface area contributed by atoms with Crippen molar-refractivity contribution in [2.75, 3.05) is 19.8 Å². The average Bonchev–Trinajstić information content (AvgIpc) is 2.44. The van der Waals surface area contributed by atoms with Crippen molar-refractivity contribution >= 4 is 16.1 Å². The third-order valence-electron chi connectivity index (χ3n) is 3.43. The topological polar surface area (TPSA) is 89.9 Å². The lowest BCUT2D eigenvalue weighted by Crippen LogP contribution is -2.46. The summed E-state index contributed by atoms with van der Waals surface area (Å²) in [6.07, 6.45) is -1.52. The molecule has 0 amide bonds. The number of rotatable bonds is 11. The van der Waals surface area contributed by atoms with Crippen molar-refractivity contribution in [1.82, 2.24) is 0 Å². The molecule has 24 heavy (non-hydrogen) atoms. The SMILES string of the molecule is CCC(C)(C)C(=O)OCCOCCCC(F)(F)C(F)(F)S(=O)(=O)O. The molecule has 0 aromatic carbocycles. The number of carbonyl (C=O) groups excluding carboxylic acids is 1. The molecule has 0 unspecified atom stereocenters. The van der Waals surface area contributed by atoms with E-state index in [0.29, 0.717) is 6.42 Å². The Morgan fingerprint density at radius 1 is 1.08 bits per heavy atom. The van der Waals surface area contributed by atoms with Crippen LogP contribution in [0.2, 0.25) is 0 Å². The molecule has 0 aromatic rings. The smallest absolute Gasteiger partial charge is 0.431 e. The predicted molar refractivity (Wildman–Crippen MR) is 76.5 cm³/mol. The molecule has 0 saturated heterocycles. The number of ether oxygens (including phenoxy) is 2. The normalized spacial score (nSPS) is 13.8. The Balaban J connectivity index is 4.10. The van der Waals surface area contributed by atoms with Gasteiger partial charge in [-0.15, -0.1) is 0 Å². The van der Waals surface area contributed by atoms with Crippen molar-refractivity contribution in [2.45, 2.75) is 51.2 Å². The maximum absolute atomic E-state index is 13.1. The molecule has 0 saturated carbocycles. The minimum Gasteiger partial charge on any atom is -0.463 e. The van der Waals surface area contributed by atoms with Crippen LogP contribution in [0.5, 0.6) is 0 Å². The zero-order valence-electron chi connectivity index (χ0n) is 13.7. The highest BCUT2D eigenvalue weighted by Crippen LogP contribution is 2.41. The van der Waals surface area contributed by atoms with Crippen LogP contribution in [-0.2, 0) is 24.4 Å². The first-order valence-corrected chi connectivity index (χ1v) is 8.60. The molecule has 11 heteroatoms. The minimum absolute atomic E-state index is 0.119. The van der Waals surface area contributed by atoms with Crippen LogP contribution in [0.1, 0.15) is 40.0 Å². The summed E-state index contributed by atoms with van der Waals surface area (Å²) in [5, 5.41) is -5.57. The second kappa shape index (κ2) is 8.43. The van der Waals surface area contributed by atoms with E-state index in [-0.39, 0.29) is 19.8 Å². The molecule has 0 radical (unpaired) electrons. The fourth-order valence-corrected chi connectivity index (χ4v) is 1.84. The number of hydrogen-bond donors (Lipinski definition) is 1. The van der Waals surface area contributed by atoms with Gasteiger partial charge in [-0.05, 0) is 26.7 Å². The molecule has 0 heterocycles. The van der Waals surface area contributed by atoms with Gasteiger partial charge in [0.1, 0.15) is 6.61 Å². The summed E-state index contributed by atoms with van der Waals surface area (Å²) >= 11 is 0. The standard InChI is InChI=1S/C13H22F4O6S/c1-4-11(2,3)10(18)23-9-8-22-7-5-6-12(14,15)13(16,17)24(19,20)21/h4-9H2,1-3H3,(H,19,20,21). The number of alkyl halides is 4. The van der Waals surface area contributed by atoms with Crippen molar-refractivity contribution in [3.05, 3.63) is 0 Å². The molecular formula is C13H22F4O6S. The minimum atomic E-state index is -6.22. The monoisotopic (exact) mass is 382 g/mol. The average molecular weight is 382 g/mol. The van der Waals surface area contributed by atoms with Crippen molar-refractivity contribution in [2.24, 2.45) is 5.41 Å². The van der Waals surface area contributed by atoms with E-state index in [1.54, 1.807) is 20.8 Å². The van der Waals surface area contributed by atoms with E-state index in [2.05, 4.69) is 0 Å². The highest BCUT2D eigenvalue weighted by molar-refractivity contribution is 7.87. The predicted octanol–water partition coefficient (Wildman–Crippen LogP) is 2.88. The summed E-state index contributed by atoms with van der Waals surface area (Å²) < 4.78 is 90.5. The quantitative estimate of drug-likeness (QED) is 0.256. The summed E-state index contributed by atoms with van der Waals surface area (Å²) in [5.74, 6) is -5.38. The van der Waals surface area contributed by atoms with Gasteiger partial charge >= 0.3 is 27.3 Å². The molecule has 0 aliphatic rings. The van der Waals surface area contributed by atoms with Crippen LogP contribution in [-0.4, -0.2) is 49.9 Å². The molecular weight excluding hydrogens is 360 g/mol. The Hall–Kier alpha value is -0.940.